The average molecular weight is 298 g/mol. The van der Waals surface area contributed by atoms with E-state index in [0.717, 1.165) is 11.1 Å². The van der Waals surface area contributed by atoms with Gasteiger partial charge in [0.2, 0.25) is 0 Å². The topological polar surface area (TPSA) is 26.0 Å². The summed E-state index contributed by atoms with van der Waals surface area (Å²) in [4.78, 5) is 0. The molecular formula is C15H14Cl2FN. The van der Waals surface area contributed by atoms with Crippen molar-refractivity contribution in [1.82, 2.24) is 0 Å². The van der Waals surface area contributed by atoms with Crippen LogP contribution in [0.2, 0.25) is 10.0 Å². The summed E-state index contributed by atoms with van der Waals surface area (Å²) >= 11 is 12.0. The van der Waals surface area contributed by atoms with Gasteiger partial charge in [-0.3, -0.25) is 0 Å². The maximum Gasteiger partial charge on any atom is 0.124 e. The lowest BCUT2D eigenvalue weighted by Crippen LogP contribution is -2.35. The molecule has 0 aromatic heterocycles. The fourth-order valence-electron chi connectivity index (χ4n) is 2.01. The number of rotatable bonds is 3. The van der Waals surface area contributed by atoms with Crippen LogP contribution in [-0.4, -0.2) is 0 Å². The molecule has 0 heterocycles. The second kappa shape index (κ2) is 5.49. The van der Waals surface area contributed by atoms with Crippen molar-refractivity contribution in [2.24, 2.45) is 5.73 Å². The molecule has 0 aliphatic carbocycles. The summed E-state index contributed by atoms with van der Waals surface area (Å²) in [5.41, 5.74) is 7.45. The van der Waals surface area contributed by atoms with Crippen molar-refractivity contribution in [2.45, 2.75) is 18.9 Å². The zero-order valence-corrected chi connectivity index (χ0v) is 12.0. The average Bonchev–Trinajstić information content (AvgIpc) is 2.33. The second-order valence-corrected chi connectivity index (χ2v) is 5.68. The zero-order chi connectivity index (χ0) is 14.0. The SMILES string of the molecule is CC(N)(Cc1ccc(F)cc1Cl)c1cccc(Cl)c1. The Morgan fingerprint density at radius 3 is 2.53 bits per heavy atom. The maximum atomic E-state index is 13.0. The van der Waals surface area contributed by atoms with Crippen LogP contribution in [0.3, 0.4) is 0 Å². The van der Waals surface area contributed by atoms with E-state index in [1.54, 1.807) is 12.1 Å². The Morgan fingerprint density at radius 2 is 1.89 bits per heavy atom. The highest BCUT2D eigenvalue weighted by atomic mass is 35.5. The first-order valence-corrected chi connectivity index (χ1v) is 6.63. The van der Waals surface area contributed by atoms with E-state index in [1.807, 2.05) is 25.1 Å². The van der Waals surface area contributed by atoms with E-state index in [1.165, 1.54) is 12.1 Å². The molecule has 2 N–H and O–H groups in total. The molecule has 100 valence electrons. The molecule has 0 saturated carbocycles. The number of halogens is 3. The minimum Gasteiger partial charge on any atom is -0.321 e. The molecule has 0 bridgehead atoms. The van der Waals surface area contributed by atoms with E-state index < -0.39 is 5.54 Å². The standard InChI is InChI=1S/C15H14Cl2FN/c1-15(19,11-3-2-4-12(16)7-11)9-10-5-6-13(18)8-14(10)17/h2-8H,9,19H2,1H3. The van der Waals surface area contributed by atoms with Crippen molar-refractivity contribution in [3.8, 4) is 0 Å². The highest BCUT2D eigenvalue weighted by Crippen LogP contribution is 2.28. The summed E-state index contributed by atoms with van der Waals surface area (Å²) in [6.07, 6.45) is 0.506. The van der Waals surface area contributed by atoms with E-state index in [0.29, 0.717) is 16.5 Å². The first-order valence-electron chi connectivity index (χ1n) is 5.87. The zero-order valence-electron chi connectivity index (χ0n) is 10.5. The molecule has 2 aromatic rings. The third kappa shape index (κ3) is 3.47. The highest BCUT2D eigenvalue weighted by molar-refractivity contribution is 6.31. The van der Waals surface area contributed by atoms with E-state index in [-0.39, 0.29) is 5.82 Å². The Kier molecular flexibility index (Phi) is 4.14. The van der Waals surface area contributed by atoms with Crippen LogP contribution in [0.25, 0.3) is 0 Å². The number of hydrogen-bond donors (Lipinski definition) is 1. The van der Waals surface area contributed by atoms with Crippen LogP contribution in [0.4, 0.5) is 4.39 Å². The van der Waals surface area contributed by atoms with E-state index in [9.17, 15) is 4.39 Å². The molecule has 0 saturated heterocycles. The number of benzene rings is 2. The summed E-state index contributed by atoms with van der Waals surface area (Å²) in [6.45, 7) is 1.90. The lowest BCUT2D eigenvalue weighted by atomic mass is 9.86. The third-order valence-corrected chi connectivity index (χ3v) is 3.64. The lowest BCUT2D eigenvalue weighted by Gasteiger charge is -2.26. The molecule has 1 unspecified atom stereocenters. The Hall–Kier alpha value is -1.09. The van der Waals surface area contributed by atoms with Gasteiger partial charge in [0.05, 0.1) is 0 Å². The van der Waals surface area contributed by atoms with E-state index in [2.05, 4.69) is 0 Å². The first-order chi connectivity index (χ1) is 8.88. The molecular weight excluding hydrogens is 284 g/mol. The van der Waals surface area contributed by atoms with Gasteiger partial charge in [-0.2, -0.15) is 0 Å². The minimum atomic E-state index is -0.619. The predicted octanol–water partition coefficient (Wildman–Crippen LogP) is 4.55. The molecule has 2 rings (SSSR count). The maximum absolute atomic E-state index is 13.0. The highest BCUT2D eigenvalue weighted by Gasteiger charge is 2.23. The van der Waals surface area contributed by atoms with Crippen LogP contribution in [0, 0.1) is 5.82 Å². The largest absolute Gasteiger partial charge is 0.321 e. The van der Waals surface area contributed by atoms with Gasteiger partial charge in [-0.15, -0.1) is 0 Å². The van der Waals surface area contributed by atoms with Gasteiger partial charge in [0, 0.05) is 15.6 Å². The van der Waals surface area contributed by atoms with Gasteiger partial charge in [-0.25, -0.2) is 4.39 Å². The van der Waals surface area contributed by atoms with Crippen molar-refractivity contribution < 1.29 is 4.39 Å². The van der Waals surface area contributed by atoms with Crippen molar-refractivity contribution in [3.05, 3.63) is 69.5 Å². The molecule has 0 radical (unpaired) electrons. The van der Waals surface area contributed by atoms with Crippen molar-refractivity contribution in [1.29, 1.82) is 0 Å². The van der Waals surface area contributed by atoms with Gasteiger partial charge in [0.1, 0.15) is 5.82 Å². The fourth-order valence-corrected chi connectivity index (χ4v) is 2.43. The first kappa shape index (κ1) is 14.3. The smallest absolute Gasteiger partial charge is 0.124 e. The molecule has 1 atom stereocenters. The third-order valence-electron chi connectivity index (χ3n) is 3.06. The minimum absolute atomic E-state index is 0.352. The van der Waals surface area contributed by atoms with Crippen LogP contribution < -0.4 is 5.73 Å². The van der Waals surface area contributed by atoms with Gasteiger partial charge in [-0.1, -0.05) is 41.4 Å². The fraction of sp³-hybridized carbons (Fsp3) is 0.200. The molecule has 1 nitrogen and oxygen atoms in total. The molecule has 0 fully saturated rings. The normalized spacial score (nSPS) is 14.2. The van der Waals surface area contributed by atoms with Gasteiger partial charge in [0.15, 0.2) is 0 Å². The summed E-state index contributed by atoms with van der Waals surface area (Å²) in [6, 6.07) is 11.7. The molecule has 0 aliphatic heterocycles. The summed E-state index contributed by atoms with van der Waals surface area (Å²) < 4.78 is 13.0. The molecule has 4 heteroatoms. The van der Waals surface area contributed by atoms with Crippen molar-refractivity contribution in [3.63, 3.8) is 0 Å². The summed E-state index contributed by atoms with van der Waals surface area (Å²) in [5.74, 6) is -0.352. The Bertz CT molecular complexity index is 596. The molecule has 19 heavy (non-hydrogen) atoms. The van der Waals surface area contributed by atoms with Crippen molar-refractivity contribution >= 4 is 23.2 Å². The van der Waals surface area contributed by atoms with Crippen LogP contribution in [0.1, 0.15) is 18.1 Å². The van der Waals surface area contributed by atoms with Crippen LogP contribution in [0.5, 0.6) is 0 Å². The lowest BCUT2D eigenvalue weighted by molar-refractivity contribution is 0.491. The number of hydrogen-bond acceptors (Lipinski definition) is 1. The van der Waals surface area contributed by atoms with Gasteiger partial charge in [0.25, 0.3) is 0 Å². The summed E-state index contributed by atoms with van der Waals surface area (Å²) in [5, 5.41) is 1.03. The summed E-state index contributed by atoms with van der Waals surface area (Å²) in [7, 11) is 0. The Morgan fingerprint density at radius 1 is 1.16 bits per heavy atom. The Labute approximate surface area is 122 Å². The Balaban J connectivity index is 2.30. The molecule has 0 spiro atoms. The quantitative estimate of drug-likeness (QED) is 0.884. The van der Waals surface area contributed by atoms with Gasteiger partial charge in [-0.05, 0) is 48.7 Å². The van der Waals surface area contributed by atoms with Crippen LogP contribution in [-0.2, 0) is 12.0 Å². The van der Waals surface area contributed by atoms with Gasteiger partial charge < -0.3 is 5.73 Å². The van der Waals surface area contributed by atoms with Gasteiger partial charge >= 0.3 is 0 Å². The van der Waals surface area contributed by atoms with Crippen LogP contribution >= 0.6 is 23.2 Å². The monoisotopic (exact) mass is 297 g/mol. The molecule has 0 aliphatic rings. The van der Waals surface area contributed by atoms with Crippen molar-refractivity contribution in [2.75, 3.05) is 0 Å². The molecule has 2 aromatic carbocycles. The predicted molar refractivity (Wildman–Crippen MR) is 78.1 cm³/mol. The van der Waals surface area contributed by atoms with E-state index >= 15 is 0 Å². The van der Waals surface area contributed by atoms with E-state index in [4.69, 9.17) is 28.9 Å². The number of nitrogens with two attached hydrogens (primary N) is 1. The second-order valence-electron chi connectivity index (χ2n) is 4.84. The molecule has 0 amide bonds. The van der Waals surface area contributed by atoms with Crippen LogP contribution in [0.15, 0.2) is 42.5 Å².